The number of thiazole rings is 1. The Morgan fingerprint density at radius 3 is 2.67 bits per heavy atom. The molecule has 24 heavy (non-hydrogen) atoms. The molecule has 0 aliphatic carbocycles. The normalized spacial score (nSPS) is 10.5. The van der Waals surface area contributed by atoms with Gasteiger partial charge in [-0.05, 0) is 30.3 Å². The molecule has 0 spiro atoms. The number of ether oxygens (including phenoxy) is 2. The first-order valence-corrected chi connectivity index (χ1v) is 8.65. The van der Waals surface area contributed by atoms with Gasteiger partial charge in [-0.15, -0.1) is 11.3 Å². The monoisotopic (exact) mass is 380 g/mol. The Balaban J connectivity index is 1.92. The second-order valence-corrected chi connectivity index (χ2v) is 6.47. The topological polar surface area (TPSA) is 43.4 Å². The van der Waals surface area contributed by atoms with Crippen molar-refractivity contribution in [3.8, 4) is 22.8 Å². The molecule has 0 radical (unpaired) electrons. The average Bonchev–Trinajstić information content (AvgIpc) is 3.07. The van der Waals surface area contributed by atoms with Crippen LogP contribution < -0.4 is 14.8 Å². The Labute approximate surface area is 154 Å². The Morgan fingerprint density at radius 2 is 1.92 bits per heavy atom. The Kier molecular flexibility index (Phi) is 5.14. The largest absolute Gasteiger partial charge is 0.497 e. The molecule has 0 aliphatic rings. The summed E-state index contributed by atoms with van der Waals surface area (Å²) in [6.07, 6.45) is 0. The van der Waals surface area contributed by atoms with E-state index in [4.69, 9.17) is 32.7 Å². The van der Waals surface area contributed by atoms with E-state index >= 15 is 0 Å². The van der Waals surface area contributed by atoms with Crippen molar-refractivity contribution in [2.24, 2.45) is 0 Å². The van der Waals surface area contributed by atoms with Gasteiger partial charge in [0, 0.05) is 10.9 Å². The minimum absolute atomic E-state index is 0.467. The first-order chi connectivity index (χ1) is 11.6. The summed E-state index contributed by atoms with van der Waals surface area (Å²) in [6, 6.07) is 11.0. The fraction of sp³-hybridized carbons (Fsp3) is 0.118. The lowest BCUT2D eigenvalue weighted by atomic mass is 10.1. The van der Waals surface area contributed by atoms with Gasteiger partial charge in [0.05, 0.1) is 35.6 Å². The smallest absolute Gasteiger partial charge is 0.187 e. The number of rotatable bonds is 5. The molecule has 7 heteroatoms. The second-order valence-electron chi connectivity index (χ2n) is 4.83. The van der Waals surface area contributed by atoms with Crippen molar-refractivity contribution in [2.75, 3.05) is 19.5 Å². The molecule has 1 aromatic heterocycles. The number of benzene rings is 2. The van der Waals surface area contributed by atoms with Crippen LogP contribution in [0.5, 0.6) is 11.5 Å². The van der Waals surface area contributed by atoms with E-state index in [2.05, 4.69) is 10.3 Å². The molecule has 0 amide bonds. The van der Waals surface area contributed by atoms with Gasteiger partial charge in [0.2, 0.25) is 0 Å². The molecule has 1 heterocycles. The minimum atomic E-state index is 0.467. The zero-order valence-electron chi connectivity index (χ0n) is 13.0. The van der Waals surface area contributed by atoms with Crippen LogP contribution in [0.1, 0.15) is 0 Å². The summed E-state index contributed by atoms with van der Waals surface area (Å²) in [6.45, 7) is 0. The van der Waals surface area contributed by atoms with E-state index in [1.807, 2.05) is 35.7 Å². The van der Waals surface area contributed by atoms with Crippen molar-refractivity contribution in [3.05, 3.63) is 51.8 Å². The molecule has 0 unspecified atom stereocenters. The van der Waals surface area contributed by atoms with Crippen LogP contribution >= 0.6 is 34.5 Å². The van der Waals surface area contributed by atoms with Gasteiger partial charge in [0.15, 0.2) is 5.13 Å². The summed E-state index contributed by atoms with van der Waals surface area (Å²) in [7, 11) is 3.25. The lowest BCUT2D eigenvalue weighted by molar-refractivity contribution is 0.404. The number of hydrogen-bond acceptors (Lipinski definition) is 5. The Bertz CT molecular complexity index is 868. The molecule has 0 saturated heterocycles. The quantitative estimate of drug-likeness (QED) is 0.600. The van der Waals surface area contributed by atoms with E-state index in [0.29, 0.717) is 20.9 Å². The highest BCUT2D eigenvalue weighted by Crippen LogP contribution is 2.37. The predicted octanol–water partition coefficient (Wildman–Crippen LogP) is 5.88. The number of nitrogens with one attached hydrogen (secondary N) is 1. The van der Waals surface area contributed by atoms with Gasteiger partial charge in [0.1, 0.15) is 11.5 Å². The van der Waals surface area contributed by atoms with E-state index in [1.54, 1.807) is 20.3 Å². The first-order valence-electron chi connectivity index (χ1n) is 7.01. The summed E-state index contributed by atoms with van der Waals surface area (Å²) in [5.41, 5.74) is 2.36. The predicted molar refractivity (Wildman–Crippen MR) is 100 cm³/mol. The summed E-state index contributed by atoms with van der Waals surface area (Å²) in [4.78, 5) is 4.60. The number of aromatic nitrogens is 1. The fourth-order valence-electron chi connectivity index (χ4n) is 2.18. The van der Waals surface area contributed by atoms with E-state index in [-0.39, 0.29) is 0 Å². The summed E-state index contributed by atoms with van der Waals surface area (Å²) in [5.74, 6) is 1.47. The van der Waals surface area contributed by atoms with Crippen LogP contribution in [0.4, 0.5) is 10.8 Å². The molecule has 1 N–H and O–H groups in total. The maximum Gasteiger partial charge on any atom is 0.187 e. The van der Waals surface area contributed by atoms with Gasteiger partial charge in [-0.1, -0.05) is 29.3 Å². The number of halogens is 2. The van der Waals surface area contributed by atoms with Gasteiger partial charge >= 0.3 is 0 Å². The van der Waals surface area contributed by atoms with Crippen LogP contribution in [-0.4, -0.2) is 19.2 Å². The van der Waals surface area contributed by atoms with Crippen molar-refractivity contribution < 1.29 is 9.47 Å². The fourth-order valence-corrected chi connectivity index (χ4v) is 3.26. The lowest BCUT2D eigenvalue weighted by Crippen LogP contribution is -1.92. The van der Waals surface area contributed by atoms with Gasteiger partial charge in [0.25, 0.3) is 0 Å². The molecule has 2 aromatic carbocycles. The second kappa shape index (κ2) is 7.30. The molecule has 124 valence electrons. The molecule has 0 saturated carbocycles. The first kappa shape index (κ1) is 16.9. The minimum Gasteiger partial charge on any atom is -0.497 e. The van der Waals surface area contributed by atoms with Crippen LogP contribution in [0.3, 0.4) is 0 Å². The molecule has 0 bridgehead atoms. The zero-order chi connectivity index (χ0) is 17.1. The zero-order valence-corrected chi connectivity index (χ0v) is 15.3. The van der Waals surface area contributed by atoms with Gasteiger partial charge in [-0.25, -0.2) is 4.98 Å². The Morgan fingerprint density at radius 1 is 1.08 bits per heavy atom. The highest BCUT2D eigenvalue weighted by molar-refractivity contribution is 7.14. The third kappa shape index (κ3) is 3.43. The summed E-state index contributed by atoms with van der Waals surface area (Å²) >= 11 is 13.7. The van der Waals surface area contributed by atoms with Crippen molar-refractivity contribution >= 4 is 45.4 Å². The van der Waals surface area contributed by atoms with E-state index in [0.717, 1.165) is 22.8 Å². The van der Waals surface area contributed by atoms with Gasteiger partial charge in [-0.3, -0.25) is 0 Å². The van der Waals surface area contributed by atoms with Crippen molar-refractivity contribution in [1.82, 2.24) is 4.98 Å². The SMILES string of the molecule is COc1ccc(OC)c(-c2csc(Nc3cccc(Cl)c3Cl)n2)c1. The summed E-state index contributed by atoms with van der Waals surface area (Å²) in [5, 5.41) is 6.80. The third-order valence-electron chi connectivity index (χ3n) is 3.38. The highest BCUT2D eigenvalue weighted by atomic mass is 35.5. The summed E-state index contributed by atoms with van der Waals surface area (Å²) < 4.78 is 10.7. The van der Waals surface area contributed by atoms with Crippen LogP contribution in [-0.2, 0) is 0 Å². The van der Waals surface area contributed by atoms with Crippen LogP contribution in [0.2, 0.25) is 10.0 Å². The van der Waals surface area contributed by atoms with Crippen LogP contribution in [0, 0.1) is 0 Å². The number of hydrogen-bond donors (Lipinski definition) is 1. The molecule has 0 aliphatic heterocycles. The van der Waals surface area contributed by atoms with Gasteiger partial charge < -0.3 is 14.8 Å². The lowest BCUT2D eigenvalue weighted by Gasteiger charge is -2.08. The number of nitrogens with zero attached hydrogens (tertiary/aromatic N) is 1. The average molecular weight is 381 g/mol. The number of anilines is 2. The van der Waals surface area contributed by atoms with Crippen LogP contribution in [0.15, 0.2) is 41.8 Å². The Hall–Kier alpha value is -1.95. The number of methoxy groups -OCH3 is 2. The van der Waals surface area contributed by atoms with Gasteiger partial charge in [-0.2, -0.15) is 0 Å². The maximum atomic E-state index is 6.20. The molecule has 4 nitrogen and oxygen atoms in total. The standard InChI is InChI=1S/C17H14Cl2N2O2S/c1-22-10-6-7-15(23-2)11(8-10)14-9-24-17(21-14)20-13-5-3-4-12(18)16(13)19/h3-9H,1-2H3,(H,20,21). The molecule has 3 rings (SSSR count). The van der Waals surface area contributed by atoms with Crippen molar-refractivity contribution in [2.45, 2.75) is 0 Å². The van der Waals surface area contributed by atoms with E-state index in [9.17, 15) is 0 Å². The van der Waals surface area contributed by atoms with Crippen molar-refractivity contribution in [3.63, 3.8) is 0 Å². The molecular weight excluding hydrogens is 367 g/mol. The van der Waals surface area contributed by atoms with E-state index < -0.39 is 0 Å². The molecule has 3 aromatic rings. The van der Waals surface area contributed by atoms with E-state index in [1.165, 1.54) is 11.3 Å². The molecule has 0 atom stereocenters. The highest BCUT2D eigenvalue weighted by Gasteiger charge is 2.13. The van der Waals surface area contributed by atoms with Crippen LogP contribution in [0.25, 0.3) is 11.3 Å². The third-order valence-corrected chi connectivity index (χ3v) is 4.96. The molecular formula is C17H14Cl2N2O2S. The van der Waals surface area contributed by atoms with Crippen molar-refractivity contribution in [1.29, 1.82) is 0 Å². The molecule has 0 fully saturated rings. The maximum absolute atomic E-state index is 6.20.